The standard InChI is InChI=1S/C13H14Br2N2OS/c1-18-13-5-8(14)2-3-11(13)12(17-16)6-10-4-9(15)7-19-10/h2-5,7,12,17H,6,16H2,1H3. The molecule has 0 aliphatic heterocycles. The van der Waals surface area contributed by atoms with Gasteiger partial charge in [0.25, 0.3) is 0 Å². The Balaban J connectivity index is 2.26. The zero-order valence-corrected chi connectivity index (χ0v) is 14.3. The van der Waals surface area contributed by atoms with E-state index >= 15 is 0 Å². The first-order valence-electron chi connectivity index (χ1n) is 5.66. The minimum absolute atomic E-state index is 0.0219. The van der Waals surface area contributed by atoms with Crippen LogP contribution in [0, 0.1) is 0 Å². The second-order valence-corrected chi connectivity index (χ2v) is 6.87. The normalized spacial score (nSPS) is 12.4. The van der Waals surface area contributed by atoms with Crippen LogP contribution in [0.5, 0.6) is 5.75 Å². The van der Waals surface area contributed by atoms with Crippen LogP contribution in [-0.2, 0) is 6.42 Å². The predicted molar refractivity (Wildman–Crippen MR) is 86.5 cm³/mol. The first-order valence-corrected chi connectivity index (χ1v) is 8.13. The number of benzene rings is 1. The molecule has 0 aliphatic carbocycles. The SMILES string of the molecule is COc1cc(Br)ccc1C(Cc1cc(Br)cs1)NN. The quantitative estimate of drug-likeness (QED) is 0.583. The molecule has 0 fully saturated rings. The number of nitrogens with two attached hydrogens (primary N) is 1. The van der Waals surface area contributed by atoms with E-state index in [0.717, 1.165) is 26.7 Å². The van der Waals surface area contributed by atoms with Gasteiger partial charge in [0.15, 0.2) is 0 Å². The molecule has 2 rings (SSSR count). The van der Waals surface area contributed by atoms with Crippen LogP contribution >= 0.6 is 43.2 Å². The zero-order chi connectivity index (χ0) is 13.8. The van der Waals surface area contributed by atoms with Gasteiger partial charge < -0.3 is 4.74 Å². The average Bonchev–Trinajstić information content (AvgIpc) is 2.81. The van der Waals surface area contributed by atoms with Crippen LogP contribution < -0.4 is 16.0 Å². The maximum absolute atomic E-state index is 5.70. The van der Waals surface area contributed by atoms with Crippen LogP contribution in [0.2, 0.25) is 0 Å². The van der Waals surface area contributed by atoms with Gasteiger partial charge in [-0.2, -0.15) is 0 Å². The molecule has 2 aromatic rings. The molecule has 3 nitrogen and oxygen atoms in total. The second kappa shape index (κ2) is 6.85. The molecule has 1 aromatic carbocycles. The third kappa shape index (κ3) is 3.79. The van der Waals surface area contributed by atoms with Crippen LogP contribution in [0.25, 0.3) is 0 Å². The molecule has 1 aromatic heterocycles. The van der Waals surface area contributed by atoms with E-state index in [1.54, 1.807) is 18.4 Å². The summed E-state index contributed by atoms with van der Waals surface area (Å²) in [6.07, 6.45) is 0.824. The Morgan fingerprint density at radius 2 is 2.11 bits per heavy atom. The number of methoxy groups -OCH3 is 1. The summed E-state index contributed by atoms with van der Waals surface area (Å²) in [6, 6.07) is 8.10. The van der Waals surface area contributed by atoms with E-state index in [1.165, 1.54) is 4.88 Å². The minimum Gasteiger partial charge on any atom is -0.496 e. The van der Waals surface area contributed by atoms with Gasteiger partial charge in [-0.3, -0.25) is 11.3 Å². The molecule has 1 atom stereocenters. The van der Waals surface area contributed by atoms with Crippen molar-refractivity contribution in [2.24, 2.45) is 5.84 Å². The van der Waals surface area contributed by atoms with Gasteiger partial charge in [0.1, 0.15) is 5.75 Å². The molecule has 0 aliphatic rings. The van der Waals surface area contributed by atoms with Crippen molar-refractivity contribution in [2.75, 3.05) is 7.11 Å². The first-order chi connectivity index (χ1) is 9.13. The summed E-state index contributed by atoms with van der Waals surface area (Å²) < 4.78 is 7.51. The Morgan fingerprint density at radius 1 is 1.32 bits per heavy atom. The number of rotatable bonds is 5. The molecule has 102 valence electrons. The summed E-state index contributed by atoms with van der Waals surface area (Å²) in [7, 11) is 1.67. The van der Waals surface area contributed by atoms with Crippen molar-refractivity contribution in [2.45, 2.75) is 12.5 Å². The van der Waals surface area contributed by atoms with E-state index in [4.69, 9.17) is 10.6 Å². The largest absolute Gasteiger partial charge is 0.496 e. The van der Waals surface area contributed by atoms with Crippen molar-refractivity contribution < 1.29 is 4.74 Å². The average molecular weight is 406 g/mol. The van der Waals surface area contributed by atoms with Gasteiger partial charge >= 0.3 is 0 Å². The highest BCUT2D eigenvalue weighted by molar-refractivity contribution is 9.10. The van der Waals surface area contributed by atoms with Crippen molar-refractivity contribution >= 4 is 43.2 Å². The molecule has 1 unspecified atom stereocenters. The Labute approximate surface area is 133 Å². The third-order valence-electron chi connectivity index (χ3n) is 2.80. The fraction of sp³-hybridized carbons (Fsp3) is 0.231. The highest BCUT2D eigenvalue weighted by Crippen LogP contribution is 2.32. The Hall–Kier alpha value is -0.400. The molecule has 0 radical (unpaired) electrons. The maximum Gasteiger partial charge on any atom is 0.124 e. The van der Waals surface area contributed by atoms with Crippen LogP contribution in [0.4, 0.5) is 0 Å². The fourth-order valence-corrected chi connectivity index (χ4v) is 3.73. The Bertz CT molecular complexity index is 559. The Kier molecular flexibility index (Phi) is 5.41. The number of halogens is 2. The lowest BCUT2D eigenvalue weighted by Crippen LogP contribution is -2.29. The summed E-state index contributed by atoms with van der Waals surface area (Å²) in [4.78, 5) is 1.26. The van der Waals surface area contributed by atoms with Gasteiger partial charge in [-0.25, -0.2) is 0 Å². The highest BCUT2D eigenvalue weighted by Gasteiger charge is 2.16. The van der Waals surface area contributed by atoms with E-state index in [2.05, 4.69) is 48.7 Å². The molecular weight excluding hydrogens is 392 g/mol. The summed E-state index contributed by atoms with van der Waals surface area (Å²) >= 11 is 8.62. The lowest BCUT2D eigenvalue weighted by Gasteiger charge is -2.18. The summed E-state index contributed by atoms with van der Waals surface area (Å²) in [6.45, 7) is 0. The Morgan fingerprint density at radius 3 is 2.68 bits per heavy atom. The van der Waals surface area contributed by atoms with Crippen molar-refractivity contribution in [1.82, 2.24) is 5.43 Å². The molecule has 19 heavy (non-hydrogen) atoms. The monoisotopic (exact) mass is 404 g/mol. The van der Waals surface area contributed by atoms with Crippen molar-refractivity contribution in [1.29, 1.82) is 0 Å². The first kappa shape index (κ1) is 15.0. The van der Waals surface area contributed by atoms with Crippen LogP contribution in [0.1, 0.15) is 16.5 Å². The third-order valence-corrected chi connectivity index (χ3v) is 5.01. The second-order valence-electron chi connectivity index (χ2n) is 4.04. The number of hydrogen-bond donors (Lipinski definition) is 2. The number of hydrogen-bond acceptors (Lipinski definition) is 4. The summed E-state index contributed by atoms with van der Waals surface area (Å²) in [5.74, 6) is 6.52. The minimum atomic E-state index is 0.0219. The van der Waals surface area contributed by atoms with Crippen LogP contribution in [-0.4, -0.2) is 7.11 Å². The summed E-state index contributed by atoms with van der Waals surface area (Å²) in [5, 5.41) is 2.07. The zero-order valence-electron chi connectivity index (χ0n) is 10.3. The van der Waals surface area contributed by atoms with Gasteiger partial charge in [0, 0.05) is 31.2 Å². The van der Waals surface area contributed by atoms with E-state index in [0.29, 0.717) is 0 Å². The molecular formula is C13H14Br2N2OS. The van der Waals surface area contributed by atoms with Gasteiger partial charge in [0.05, 0.1) is 13.2 Å². The smallest absolute Gasteiger partial charge is 0.124 e. The lowest BCUT2D eigenvalue weighted by atomic mass is 10.0. The molecule has 0 spiro atoms. The van der Waals surface area contributed by atoms with Crippen molar-refractivity contribution in [3.05, 3.63) is 49.0 Å². The van der Waals surface area contributed by atoms with Crippen molar-refractivity contribution in [3.8, 4) is 5.75 Å². The van der Waals surface area contributed by atoms with E-state index in [1.807, 2.05) is 18.2 Å². The molecule has 0 amide bonds. The van der Waals surface area contributed by atoms with Crippen LogP contribution in [0.15, 0.2) is 38.6 Å². The van der Waals surface area contributed by atoms with Gasteiger partial charge in [-0.15, -0.1) is 11.3 Å². The fourth-order valence-electron chi connectivity index (χ4n) is 1.89. The van der Waals surface area contributed by atoms with Crippen molar-refractivity contribution in [3.63, 3.8) is 0 Å². The number of thiophene rings is 1. The summed E-state index contributed by atoms with van der Waals surface area (Å²) in [5.41, 5.74) is 3.92. The van der Waals surface area contributed by atoms with E-state index in [9.17, 15) is 0 Å². The van der Waals surface area contributed by atoms with Crippen LogP contribution in [0.3, 0.4) is 0 Å². The molecule has 3 N–H and O–H groups in total. The number of ether oxygens (including phenoxy) is 1. The lowest BCUT2D eigenvalue weighted by molar-refractivity contribution is 0.399. The molecule has 0 saturated heterocycles. The van der Waals surface area contributed by atoms with E-state index in [-0.39, 0.29) is 6.04 Å². The molecule has 0 bridgehead atoms. The van der Waals surface area contributed by atoms with Gasteiger partial charge in [-0.1, -0.05) is 22.0 Å². The number of nitrogens with one attached hydrogen (secondary N) is 1. The predicted octanol–water partition coefficient (Wildman–Crippen LogP) is 4.03. The number of hydrazine groups is 1. The van der Waals surface area contributed by atoms with Gasteiger partial charge in [-0.05, 0) is 34.1 Å². The molecule has 1 heterocycles. The topological polar surface area (TPSA) is 47.3 Å². The van der Waals surface area contributed by atoms with E-state index < -0.39 is 0 Å². The molecule has 6 heteroatoms. The maximum atomic E-state index is 5.70. The highest BCUT2D eigenvalue weighted by atomic mass is 79.9. The molecule has 0 saturated carbocycles. The van der Waals surface area contributed by atoms with Gasteiger partial charge in [0.2, 0.25) is 0 Å².